The molecule has 0 aliphatic carbocycles. The molecule has 0 spiro atoms. The number of rotatable bonds is 4. The molecular formula is C11H19NO3S. The van der Waals surface area contributed by atoms with Crippen LogP contribution in [0.25, 0.3) is 0 Å². The van der Waals surface area contributed by atoms with Crippen molar-refractivity contribution in [2.75, 3.05) is 19.7 Å². The van der Waals surface area contributed by atoms with Crippen LogP contribution in [0.2, 0.25) is 0 Å². The first-order chi connectivity index (χ1) is 7.63. The first-order valence-corrected chi connectivity index (χ1v) is 6.60. The van der Waals surface area contributed by atoms with Crippen molar-refractivity contribution in [1.82, 2.24) is 4.90 Å². The van der Waals surface area contributed by atoms with Crippen molar-refractivity contribution in [2.45, 2.75) is 38.4 Å². The van der Waals surface area contributed by atoms with Gasteiger partial charge in [-0.2, -0.15) is 0 Å². The number of thioether (sulfide) groups is 1. The van der Waals surface area contributed by atoms with Crippen molar-refractivity contribution in [2.24, 2.45) is 0 Å². The van der Waals surface area contributed by atoms with Crippen LogP contribution >= 0.6 is 11.8 Å². The predicted molar refractivity (Wildman–Crippen MR) is 64.5 cm³/mol. The van der Waals surface area contributed by atoms with Crippen molar-refractivity contribution in [3.8, 4) is 0 Å². The monoisotopic (exact) mass is 245 g/mol. The summed E-state index contributed by atoms with van der Waals surface area (Å²) in [5.74, 6) is 0. The zero-order valence-electron chi connectivity index (χ0n) is 9.90. The van der Waals surface area contributed by atoms with E-state index in [4.69, 9.17) is 4.74 Å². The molecule has 16 heavy (non-hydrogen) atoms. The molecule has 0 N–H and O–H groups in total. The molecule has 4 nitrogen and oxygen atoms in total. The largest absolute Gasteiger partial charge is 0.449 e. The van der Waals surface area contributed by atoms with Gasteiger partial charge in [0.25, 0.3) is 0 Å². The molecule has 1 amide bonds. The van der Waals surface area contributed by atoms with E-state index in [2.05, 4.69) is 6.92 Å². The highest BCUT2D eigenvalue weighted by Gasteiger charge is 2.28. The number of carbonyl (C=O) groups is 2. The Morgan fingerprint density at radius 2 is 2.25 bits per heavy atom. The topological polar surface area (TPSA) is 46.6 Å². The van der Waals surface area contributed by atoms with Crippen LogP contribution in [0, 0.1) is 0 Å². The molecule has 0 radical (unpaired) electrons. The molecule has 1 heterocycles. The molecule has 5 heteroatoms. The molecule has 92 valence electrons. The summed E-state index contributed by atoms with van der Waals surface area (Å²) in [5.41, 5.74) is 0. The lowest BCUT2D eigenvalue weighted by Gasteiger charge is -2.15. The van der Waals surface area contributed by atoms with Gasteiger partial charge < -0.3 is 9.64 Å². The van der Waals surface area contributed by atoms with Crippen molar-refractivity contribution in [1.29, 1.82) is 0 Å². The average Bonchev–Trinajstić information content (AvgIpc) is 2.65. The SMILES string of the molecule is CCCCOC(=O)N1CCC(SC(C)=O)C1. The van der Waals surface area contributed by atoms with Gasteiger partial charge in [-0.3, -0.25) is 4.79 Å². The second kappa shape index (κ2) is 6.78. The second-order valence-electron chi connectivity index (χ2n) is 3.93. The van der Waals surface area contributed by atoms with E-state index in [0.29, 0.717) is 19.7 Å². The van der Waals surface area contributed by atoms with Gasteiger partial charge in [-0.25, -0.2) is 4.79 Å². The number of amides is 1. The molecule has 1 aliphatic heterocycles. The van der Waals surface area contributed by atoms with Crippen molar-refractivity contribution >= 4 is 23.0 Å². The van der Waals surface area contributed by atoms with E-state index in [1.54, 1.807) is 11.8 Å². The quantitative estimate of drug-likeness (QED) is 0.713. The van der Waals surface area contributed by atoms with Gasteiger partial charge in [-0.15, -0.1) is 0 Å². The Bertz CT molecular complexity index is 258. The Labute approximate surface area is 101 Å². The molecule has 0 aromatic carbocycles. The minimum atomic E-state index is -0.236. The van der Waals surface area contributed by atoms with Gasteiger partial charge >= 0.3 is 6.09 Å². The number of likely N-dealkylation sites (tertiary alicyclic amines) is 1. The van der Waals surface area contributed by atoms with Crippen LogP contribution in [0.15, 0.2) is 0 Å². The third-order valence-corrected chi connectivity index (χ3v) is 3.51. The maximum absolute atomic E-state index is 11.6. The molecule has 1 aliphatic rings. The Hall–Kier alpha value is -0.710. The van der Waals surface area contributed by atoms with Crippen LogP contribution < -0.4 is 0 Å². The third kappa shape index (κ3) is 4.43. The van der Waals surface area contributed by atoms with Gasteiger partial charge in [0, 0.05) is 25.3 Å². The normalized spacial score (nSPS) is 19.9. The van der Waals surface area contributed by atoms with Crippen molar-refractivity contribution in [3.05, 3.63) is 0 Å². The summed E-state index contributed by atoms with van der Waals surface area (Å²) in [6, 6.07) is 0. The predicted octanol–water partition coefficient (Wildman–Crippen LogP) is 2.28. The van der Waals surface area contributed by atoms with E-state index in [1.165, 1.54) is 11.8 Å². The Morgan fingerprint density at radius 1 is 1.50 bits per heavy atom. The summed E-state index contributed by atoms with van der Waals surface area (Å²) >= 11 is 1.32. The molecule has 1 atom stereocenters. The minimum Gasteiger partial charge on any atom is -0.449 e. The Balaban J connectivity index is 2.24. The van der Waals surface area contributed by atoms with Crippen LogP contribution in [-0.4, -0.2) is 41.1 Å². The lowest BCUT2D eigenvalue weighted by molar-refractivity contribution is -0.109. The standard InChI is InChI=1S/C11H19NO3S/c1-3-4-7-15-11(14)12-6-5-10(8-12)16-9(2)13/h10H,3-8H2,1-2H3. The van der Waals surface area contributed by atoms with Gasteiger partial charge in [-0.1, -0.05) is 25.1 Å². The zero-order valence-corrected chi connectivity index (χ0v) is 10.7. The molecule has 1 saturated heterocycles. The summed E-state index contributed by atoms with van der Waals surface area (Å²) < 4.78 is 5.11. The summed E-state index contributed by atoms with van der Waals surface area (Å²) in [6.45, 7) is 5.46. The summed E-state index contributed by atoms with van der Waals surface area (Å²) in [5, 5.41) is 0.363. The first kappa shape index (κ1) is 13.4. The van der Waals surface area contributed by atoms with Crippen molar-refractivity contribution in [3.63, 3.8) is 0 Å². The number of unbranched alkanes of at least 4 members (excludes halogenated alkanes) is 1. The molecule has 0 bridgehead atoms. The highest BCUT2D eigenvalue weighted by atomic mass is 32.2. The van der Waals surface area contributed by atoms with E-state index >= 15 is 0 Å². The average molecular weight is 245 g/mol. The van der Waals surface area contributed by atoms with Gasteiger partial charge in [0.2, 0.25) is 0 Å². The molecule has 1 rings (SSSR count). The number of ether oxygens (including phenoxy) is 1. The molecule has 0 saturated carbocycles. The number of carbonyl (C=O) groups excluding carboxylic acids is 2. The first-order valence-electron chi connectivity index (χ1n) is 5.72. The van der Waals surface area contributed by atoms with Crippen LogP contribution in [0.3, 0.4) is 0 Å². The van der Waals surface area contributed by atoms with Crippen LogP contribution in [0.5, 0.6) is 0 Å². The fourth-order valence-electron chi connectivity index (χ4n) is 1.62. The number of nitrogens with zero attached hydrogens (tertiary/aromatic N) is 1. The summed E-state index contributed by atoms with van der Waals surface area (Å²) in [4.78, 5) is 24.2. The summed E-state index contributed by atoms with van der Waals surface area (Å²) in [7, 11) is 0. The lowest BCUT2D eigenvalue weighted by Crippen LogP contribution is -2.30. The smallest absolute Gasteiger partial charge is 0.409 e. The van der Waals surface area contributed by atoms with Crippen molar-refractivity contribution < 1.29 is 14.3 Å². The molecule has 1 fully saturated rings. The van der Waals surface area contributed by atoms with E-state index in [-0.39, 0.29) is 16.5 Å². The van der Waals surface area contributed by atoms with Crippen LogP contribution in [0.1, 0.15) is 33.1 Å². The fraction of sp³-hybridized carbons (Fsp3) is 0.818. The minimum absolute atomic E-state index is 0.117. The maximum atomic E-state index is 11.6. The van der Waals surface area contributed by atoms with Gasteiger partial charge in [0.05, 0.1) is 6.61 Å². The lowest BCUT2D eigenvalue weighted by atomic mass is 10.4. The van der Waals surface area contributed by atoms with E-state index in [1.807, 2.05) is 0 Å². The molecule has 0 aromatic heterocycles. The van der Waals surface area contributed by atoms with Gasteiger partial charge in [0.1, 0.15) is 0 Å². The second-order valence-corrected chi connectivity index (χ2v) is 5.41. The van der Waals surface area contributed by atoms with E-state index in [0.717, 1.165) is 19.3 Å². The fourth-order valence-corrected chi connectivity index (χ4v) is 2.57. The maximum Gasteiger partial charge on any atom is 0.409 e. The van der Waals surface area contributed by atoms with Crippen LogP contribution in [0.4, 0.5) is 4.79 Å². The Kier molecular flexibility index (Phi) is 5.66. The van der Waals surface area contributed by atoms with Crippen LogP contribution in [-0.2, 0) is 9.53 Å². The third-order valence-electron chi connectivity index (χ3n) is 2.46. The number of hydrogen-bond acceptors (Lipinski definition) is 4. The molecular weight excluding hydrogens is 226 g/mol. The highest BCUT2D eigenvalue weighted by molar-refractivity contribution is 8.14. The Morgan fingerprint density at radius 3 is 2.88 bits per heavy atom. The number of hydrogen-bond donors (Lipinski definition) is 0. The van der Waals surface area contributed by atoms with E-state index < -0.39 is 0 Å². The van der Waals surface area contributed by atoms with Gasteiger partial charge in [0.15, 0.2) is 5.12 Å². The molecule has 1 unspecified atom stereocenters. The van der Waals surface area contributed by atoms with Gasteiger partial charge in [-0.05, 0) is 12.8 Å². The van der Waals surface area contributed by atoms with E-state index in [9.17, 15) is 9.59 Å². The molecule has 0 aromatic rings. The summed E-state index contributed by atoms with van der Waals surface area (Å²) in [6.07, 6.45) is 2.58. The zero-order chi connectivity index (χ0) is 12.0. The highest BCUT2D eigenvalue weighted by Crippen LogP contribution is 2.23.